The summed E-state index contributed by atoms with van der Waals surface area (Å²) in [7, 11) is 0. The Hall–Kier alpha value is -1.43. The third-order valence-corrected chi connectivity index (χ3v) is 4.63. The van der Waals surface area contributed by atoms with E-state index in [0.717, 1.165) is 24.7 Å². The van der Waals surface area contributed by atoms with Gasteiger partial charge in [-0.3, -0.25) is 4.79 Å². The third-order valence-electron chi connectivity index (χ3n) is 3.87. The first kappa shape index (κ1) is 11.6. The van der Waals surface area contributed by atoms with Gasteiger partial charge in [-0.15, -0.1) is 11.3 Å². The van der Waals surface area contributed by atoms with E-state index in [1.807, 2.05) is 0 Å². The molecule has 1 aromatic rings. The lowest BCUT2D eigenvalue weighted by atomic mass is 10.0. The smallest absolute Gasteiger partial charge is 0.229 e. The third kappa shape index (κ3) is 2.12. The summed E-state index contributed by atoms with van der Waals surface area (Å²) in [6.07, 6.45) is 3.38. The number of nitrogens with one attached hydrogen (secondary N) is 1. The number of nitrogens with zero attached hydrogens (tertiary/aromatic N) is 2. The molecule has 6 heteroatoms. The summed E-state index contributed by atoms with van der Waals surface area (Å²) in [6.45, 7) is 1.67. The highest BCUT2D eigenvalue weighted by Gasteiger charge is 2.48. The lowest BCUT2D eigenvalue weighted by molar-refractivity contribution is -0.120. The van der Waals surface area contributed by atoms with Gasteiger partial charge in [0.15, 0.2) is 5.13 Å². The summed E-state index contributed by atoms with van der Waals surface area (Å²) in [5.74, 6) is 1.85. The van der Waals surface area contributed by atoms with E-state index in [0.29, 0.717) is 16.5 Å². The van der Waals surface area contributed by atoms with Gasteiger partial charge in [-0.1, -0.05) is 5.16 Å². The van der Waals surface area contributed by atoms with E-state index in [1.54, 1.807) is 12.3 Å². The van der Waals surface area contributed by atoms with Gasteiger partial charge in [0.2, 0.25) is 5.91 Å². The van der Waals surface area contributed by atoms with Crippen molar-refractivity contribution < 1.29 is 10.0 Å². The Labute approximate surface area is 109 Å². The number of thiazole rings is 1. The Kier molecular flexibility index (Phi) is 2.81. The lowest BCUT2D eigenvalue weighted by Gasteiger charge is -2.09. The van der Waals surface area contributed by atoms with Crippen LogP contribution in [0.15, 0.2) is 10.5 Å². The average Bonchev–Trinajstić information content (AvgIpc) is 2.81. The Morgan fingerprint density at radius 1 is 1.50 bits per heavy atom. The first-order valence-corrected chi connectivity index (χ1v) is 7.00. The minimum atomic E-state index is 0.0849. The topological polar surface area (TPSA) is 74.6 Å². The van der Waals surface area contributed by atoms with Crippen LogP contribution >= 0.6 is 11.3 Å². The molecule has 5 nitrogen and oxygen atoms in total. The predicted molar refractivity (Wildman–Crippen MR) is 69.1 cm³/mol. The lowest BCUT2D eigenvalue weighted by Crippen LogP contribution is -2.21. The summed E-state index contributed by atoms with van der Waals surface area (Å²) in [6, 6.07) is 0. The van der Waals surface area contributed by atoms with Gasteiger partial charge in [-0.2, -0.15) is 0 Å². The van der Waals surface area contributed by atoms with Crippen molar-refractivity contribution in [1.82, 2.24) is 4.98 Å². The van der Waals surface area contributed by atoms with E-state index in [2.05, 4.69) is 15.5 Å². The second-order valence-electron chi connectivity index (χ2n) is 5.14. The van der Waals surface area contributed by atoms with Crippen LogP contribution in [-0.4, -0.2) is 21.8 Å². The molecule has 0 spiro atoms. The minimum absolute atomic E-state index is 0.0849. The summed E-state index contributed by atoms with van der Waals surface area (Å²) in [5.41, 5.74) is 1.06. The van der Waals surface area contributed by atoms with Crippen molar-refractivity contribution in [3.05, 3.63) is 11.1 Å². The number of aromatic nitrogens is 1. The number of fused-ring (bicyclic) bond motifs is 1. The van der Waals surface area contributed by atoms with Crippen molar-refractivity contribution in [2.45, 2.75) is 26.2 Å². The average molecular weight is 265 g/mol. The summed E-state index contributed by atoms with van der Waals surface area (Å²) in [4.78, 5) is 16.2. The maximum absolute atomic E-state index is 12.0. The van der Waals surface area contributed by atoms with Gasteiger partial charge >= 0.3 is 0 Å². The normalized spacial score (nSPS) is 30.1. The zero-order valence-electron chi connectivity index (χ0n) is 10.1. The monoisotopic (exact) mass is 265 g/mol. The second kappa shape index (κ2) is 4.35. The number of anilines is 1. The van der Waals surface area contributed by atoms with Gasteiger partial charge in [0.05, 0.1) is 0 Å². The van der Waals surface area contributed by atoms with Crippen molar-refractivity contribution in [2.24, 2.45) is 22.9 Å². The maximum Gasteiger partial charge on any atom is 0.229 e. The van der Waals surface area contributed by atoms with Crippen LogP contribution in [0.1, 0.15) is 31.9 Å². The highest BCUT2D eigenvalue weighted by atomic mass is 32.1. The molecule has 2 fully saturated rings. The van der Waals surface area contributed by atoms with Crippen molar-refractivity contribution >= 4 is 28.1 Å². The van der Waals surface area contributed by atoms with E-state index in [1.165, 1.54) is 17.8 Å². The molecule has 2 aliphatic carbocycles. The fourth-order valence-corrected chi connectivity index (χ4v) is 3.44. The van der Waals surface area contributed by atoms with Crippen LogP contribution in [0, 0.1) is 17.8 Å². The van der Waals surface area contributed by atoms with Crippen LogP contribution in [0.3, 0.4) is 0 Å². The number of carbonyl (C=O) groups excluding carboxylic acids is 1. The summed E-state index contributed by atoms with van der Waals surface area (Å²) >= 11 is 1.36. The van der Waals surface area contributed by atoms with E-state index < -0.39 is 0 Å². The van der Waals surface area contributed by atoms with Gasteiger partial charge in [-0.05, 0) is 38.0 Å². The molecular formula is C12H15N3O2S. The Balaban J connectivity index is 1.62. The van der Waals surface area contributed by atoms with E-state index in [9.17, 15) is 4.79 Å². The Morgan fingerprint density at radius 2 is 2.22 bits per heavy atom. The Morgan fingerprint density at radius 3 is 2.89 bits per heavy atom. The standard InChI is InChI=1S/C12H15N3O2S/c1-6(15-17)10-5-18-12(13-10)14-11(16)9-3-7-2-8(7)4-9/h5,7-9,17H,2-4H2,1H3,(H,13,14,16). The van der Waals surface area contributed by atoms with E-state index in [4.69, 9.17) is 5.21 Å². The number of amides is 1. The van der Waals surface area contributed by atoms with Crippen LogP contribution in [0.4, 0.5) is 5.13 Å². The molecule has 2 saturated carbocycles. The number of hydrogen-bond acceptors (Lipinski definition) is 5. The summed E-state index contributed by atoms with van der Waals surface area (Å²) < 4.78 is 0. The molecule has 3 rings (SSSR count). The van der Waals surface area contributed by atoms with Crippen LogP contribution in [0.2, 0.25) is 0 Å². The highest BCUT2D eigenvalue weighted by Crippen LogP contribution is 2.54. The molecule has 18 heavy (non-hydrogen) atoms. The van der Waals surface area contributed by atoms with Gasteiger partial charge in [0, 0.05) is 11.3 Å². The van der Waals surface area contributed by atoms with Crippen LogP contribution in [0.5, 0.6) is 0 Å². The molecule has 0 bridgehead atoms. The molecule has 2 unspecified atom stereocenters. The fraction of sp³-hybridized carbons (Fsp3) is 0.583. The second-order valence-corrected chi connectivity index (χ2v) is 5.99. The zero-order chi connectivity index (χ0) is 12.7. The van der Waals surface area contributed by atoms with Gasteiger partial charge in [-0.25, -0.2) is 4.98 Å². The van der Waals surface area contributed by atoms with Gasteiger partial charge in [0.1, 0.15) is 11.4 Å². The quantitative estimate of drug-likeness (QED) is 0.500. The molecular weight excluding hydrogens is 250 g/mol. The molecule has 2 N–H and O–H groups in total. The fourth-order valence-electron chi connectivity index (χ4n) is 2.68. The molecule has 0 radical (unpaired) electrons. The summed E-state index contributed by atoms with van der Waals surface area (Å²) in [5, 5.41) is 17.0. The van der Waals surface area contributed by atoms with Crippen molar-refractivity contribution in [3.8, 4) is 0 Å². The van der Waals surface area contributed by atoms with Crippen LogP contribution in [0.25, 0.3) is 0 Å². The van der Waals surface area contributed by atoms with Crippen LogP contribution in [-0.2, 0) is 4.79 Å². The number of carbonyl (C=O) groups is 1. The number of rotatable bonds is 3. The molecule has 0 aliphatic heterocycles. The molecule has 0 saturated heterocycles. The largest absolute Gasteiger partial charge is 0.411 e. The van der Waals surface area contributed by atoms with Crippen LogP contribution < -0.4 is 5.32 Å². The maximum atomic E-state index is 12.0. The molecule has 96 valence electrons. The number of hydrogen-bond donors (Lipinski definition) is 2. The van der Waals surface area contributed by atoms with E-state index >= 15 is 0 Å². The first-order valence-electron chi connectivity index (χ1n) is 6.12. The number of oxime groups is 1. The van der Waals surface area contributed by atoms with Crippen molar-refractivity contribution in [2.75, 3.05) is 5.32 Å². The predicted octanol–water partition coefficient (Wildman–Crippen LogP) is 2.33. The zero-order valence-corrected chi connectivity index (χ0v) is 10.9. The SMILES string of the molecule is CC(=NO)c1csc(NC(=O)C2CC3CC3C2)n1. The highest BCUT2D eigenvalue weighted by molar-refractivity contribution is 7.14. The minimum Gasteiger partial charge on any atom is -0.411 e. The molecule has 1 aromatic heterocycles. The Bertz CT molecular complexity index is 501. The van der Waals surface area contributed by atoms with Gasteiger partial charge in [0.25, 0.3) is 0 Å². The van der Waals surface area contributed by atoms with E-state index in [-0.39, 0.29) is 11.8 Å². The molecule has 2 aliphatic rings. The molecule has 0 aromatic carbocycles. The molecule has 1 amide bonds. The van der Waals surface area contributed by atoms with Crippen molar-refractivity contribution in [1.29, 1.82) is 0 Å². The van der Waals surface area contributed by atoms with Crippen molar-refractivity contribution in [3.63, 3.8) is 0 Å². The molecule has 2 atom stereocenters. The first-order chi connectivity index (χ1) is 8.67. The molecule has 1 heterocycles. The van der Waals surface area contributed by atoms with Gasteiger partial charge < -0.3 is 10.5 Å².